The molecule has 0 heterocycles. The number of nitro benzene ring substituents is 1. The van der Waals surface area contributed by atoms with Crippen LogP contribution >= 0.6 is 11.6 Å². The summed E-state index contributed by atoms with van der Waals surface area (Å²) in [5.41, 5.74) is 0.192. The lowest BCUT2D eigenvalue weighted by Gasteiger charge is -2.33. The third-order valence-corrected chi connectivity index (χ3v) is 9.51. The molecule has 10 nitrogen and oxygen atoms in total. The molecule has 0 saturated heterocycles. The Morgan fingerprint density at radius 1 is 1.00 bits per heavy atom. The number of nitro groups is 1. The number of rotatable bonds is 11. The summed E-state index contributed by atoms with van der Waals surface area (Å²) in [5, 5.41) is 14.9. The average Bonchev–Trinajstić information content (AvgIpc) is 3.00. The van der Waals surface area contributed by atoms with Gasteiger partial charge >= 0.3 is 0 Å². The molecule has 222 valence electrons. The smallest absolute Gasteiger partial charge is 0.271 e. The Balaban J connectivity index is 1.71. The monoisotopic (exact) mass is 612 g/mol. The van der Waals surface area contributed by atoms with Gasteiger partial charge in [-0.3, -0.25) is 24.0 Å². The molecule has 3 aromatic rings. The molecule has 1 aliphatic carbocycles. The summed E-state index contributed by atoms with van der Waals surface area (Å²) < 4.78 is 28.5. The van der Waals surface area contributed by atoms with E-state index in [1.54, 1.807) is 49.4 Å². The summed E-state index contributed by atoms with van der Waals surface area (Å²) in [7, 11) is -4.34. The van der Waals surface area contributed by atoms with Crippen LogP contribution in [-0.4, -0.2) is 48.7 Å². The molecule has 1 N–H and O–H groups in total. The van der Waals surface area contributed by atoms with E-state index in [-0.39, 0.29) is 34.8 Å². The Bertz CT molecular complexity index is 1530. The molecule has 42 heavy (non-hydrogen) atoms. The van der Waals surface area contributed by atoms with Crippen LogP contribution in [0.5, 0.6) is 0 Å². The molecule has 1 aliphatic rings. The van der Waals surface area contributed by atoms with Crippen molar-refractivity contribution in [2.24, 2.45) is 0 Å². The molecular weight excluding hydrogens is 580 g/mol. The van der Waals surface area contributed by atoms with Gasteiger partial charge in [-0.15, -0.1) is 0 Å². The maximum atomic E-state index is 14.0. The van der Waals surface area contributed by atoms with Crippen LogP contribution in [-0.2, 0) is 26.2 Å². The average molecular weight is 613 g/mol. The highest BCUT2D eigenvalue weighted by Crippen LogP contribution is 2.28. The first-order chi connectivity index (χ1) is 20.1. The Morgan fingerprint density at radius 2 is 1.67 bits per heavy atom. The van der Waals surface area contributed by atoms with Gasteiger partial charge in [-0.1, -0.05) is 73.3 Å². The van der Waals surface area contributed by atoms with E-state index >= 15 is 0 Å². The van der Waals surface area contributed by atoms with E-state index in [1.807, 2.05) is 0 Å². The summed E-state index contributed by atoms with van der Waals surface area (Å²) in [6, 6.07) is 18.5. The fraction of sp³-hybridized carbons (Fsp3) is 0.333. The Hall–Kier alpha value is -3.96. The topological polar surface area (TPSA) is 130 Å². The van der Waals surface area contributed by atoms with E-state index in [1.165, 1.54) is 35.2 Å². The Morgan fingerprint density at radius 3 is 2.33 bits per heavy atom. The number of sulfonamides is 1. The number of carbonyl (C=O) groups excluding carboxylic acids is 2. The van der Waals surface area contributed by atoms with Crippen molar-refractivity contribution >= 4 is 44.8 Å². The van der Waals surface area contributed by atoms with Gasteiger partial charge in [0.2, 0.25) is 11.8 Å². The van der Waals surface area contributed by atoms with Crippen molar-refractivity contribution in [1.29, 1.82) is 0 Å². The molecule has 0 bridgehead atoms. The second kappa shape index (κ2) is 13.8. The predicted molar refractivity (Wildman–Crippen MR) is 161 cm³/mol. The van der Waals surface area contributed by atoms with E-state index in [0.717, 1.165) is 42.5 Å². The molecule has 0 radical (unpaired) electrons. The SMILES string of the molecule is CC(C(=O)NC1CCCCC1)N(Cc1ccccc1Cl)C(=O)CN(c1cccc([N+](=O)[O-])c1)S(=O)(=O)c1ccccc1. The van der Waals surface area contributed by atoms with Crippen LogP contribution < -0.4 is 9.62 Å². The standard InChI is InChI=1S/C30H33ClN4O6S/c1-22(30(37)32-24-12-4-2-5-13-24)33(20-23-11-8-9-18-28(23)31)29(36)21-34(25-14-10-15-26(19-25)35(38)39)42(40,41)27-16-6-3-7-17-27/h3,6-11,14-19,22,24H,2,4-5,12-13,20-21H2,1H3,(H,32,37). The van der Waals surface area contributed by atoms with Crippen molar-refractivity contribution in [3.8, 4) is 0 Å². The second-order valence-corrected chi connectivity index (χ2v) is 12.5. The quantitative estimate of drug-likeness (QED) is 0.231. The van der Waals surface area contributed by atoms with Crippen molar-refractivity contribution in [2.75, 3.05) is 10.8 Å². The molecule has 0 aromatic heterocycles. The number of hydrogen-bond donors (Lipinski definition) is 1. The van der Waals surface area contributed by atoms with Crippen LogP contribution in [0.3, 0.4) is 0 Å². The number of benzene rings is 3. The molecular formula is C30H33ClN4O6S. The summed E-state index contributed by atoms with van der Waals surface area (Å²) in [6.07, 6.45) is 4.84. The van der Waals surface area contributed by atoms with E-state index in [2.05, 4.69) is 5.32 Å². The third kappa shape index (κ3) is 7.46. The molecule has 1 saturated carbocycles. The van der Waals surface area contributed by atoms with Crippen LogP contribution in [0.1, 0.15) is 44.6 Å². The van der Waals surface area contributed by atoms with E-state index in [4.69, 9.17) is 11.6 Å². The lowest BCUT2D eigenvalue weighted by molar-refractivity contribution is -0.384. The maximum Gasteiger partial charge on any atom is 0.271 e. The van der Waals surface area contributed by atoms with Crippen LogP contribution in [0, 0.1) is 10.1 Å². The fourth-order valence-electron chi connectivity index (χ4n) is 4.97. The first-order valence-corrected chi connectivity index (χ1v) is 15.5. The van der Waals surface area contributed by atoms with Crippen molar-refractivity contribution in [1.82, 2.24) is 10.2 Å². The molecule has 12 heteroatoms. The van der Waals surface area contributed by atoms with Gasteiger partial charge < -0.3 is 10.2 Å². The van der Waals surface area contributed by atoms with Crippen LogP contribution in [0.4, 0.5) is 11.4 Å². The minimum Gasteiger partial charge on any atom is -0.352 e. The molecule has 1 fully saturated rings. The maximum absolute atomic E-state index is 14.0. The summed E-state index contributed by atoms with van der Waals surface area (Å²) in [5.74, 6) is -1.03. The zero-order valence-corrected chi connectivity index (χ0v) is 24.8. The van der Waals surface area contributed by atoms with Crippen molar-refractivity contribution in [3.63, 3.8) is 0 Å². The normalized spacial score (nSPS) is 14.5. The summed E-state index contributed by atoms with van der Waals surface area (Å²) in [4.78, 5) is 39.5. The van der Waals surface area contributed by atoms with Gasteiger partial charge in [0, 0.05) is 29.7 Å². The number of amides is 2. The van der Waals surface area contributed by atoms with Crippen LogP contribution in [0.2, 0.25) is 5.02 Å². The molecule has 1 atom stereocenters. The van der Waals surface area contributed by atoms with Gasteiger partial charge in [-0.2, -0.15) is 0 Å². The number of carbonyl (C=O) groups is 2. The van der Waals surface area contributed by atoms with Crippen LogP contribution in [0.25, 0.3) is 0 Å². The van der Waals surface area contributed by atoms with Gasteiger partial charge in [-0.25, -0.2) is 8.42 Å². The lowest BCUT2D eigenvalue weighted by atomic mass is 9.95. The number of hydrogen-bond acceptors (Lipinski definition) is 6. The number of nitrogens with one attached hydrogen (secondary N) is 1. The fourth-order valence-corrected chi connectivity index (χ4v) is 6.59. The number of nitrogens with zero attached hydrogens (tertiary/aromatic N) is 3. The van der Waals surface area contributed by atoms with Crippen molar-refractivity contribution in [2.45, 2.75) is 62.6 Å². The highest BCUT2D eigenvalue weighted by molar-refractivity contribution is 7.92. The molecule has 3 aromatic carbocycles. The van der Waals surface area contributed by atoms with E-state index in [9.17, 15) is 28.1 Å². The van der Waals surface area contributed by atoms with Crippen molar-refractivity contribution in [3.05, 3.63) is 99.6 Å². The minimum absolute atomic E-state index is 0.00536. The summed E-state index contributed by atoms with van der Waals surface area (Å²) in [6.45, 7) is 0.839. The highest BCUT2D eigenvalue weighted by atomic mass is 35.5. The molecule has 0 aliphatic heterocycles. The summed E-state index contributed by atoms with van der Waals surface area (Å²) >= 11 is 6.41. The second-order valence-electron chi connectivity index (χ2n) is 10.2. The first kappa shape index (κ1) is 31.0. The predicted octanol–water partition coefficient (Wildman–Crippen LogP) is 5.31. The molecule has 1 unspecified atom stereocenters. The van der Waals surface area contributed by atoms with Gasteiger partial charge in [-0.05, 0) is 49.6 Å². The third-order valence-electron chi connectivity index (χ3n) is 7.36. The Kier molecular flexibility index (Phi) is 10.2. The largest absolute Gasteiger partial charge is 0.352 e. The number of halogens is 1. The zero-order valence-electron chi connectivity index (χ0n) is 23.2. The minimum atomic E-state index is -4.34. The van der Waals surface area contributed by atoms with Crippen LogP contribution in [0.15, 0.2) is 83.8 Å². The Labute approximate surface area is 250 Å². The molecule has 4 rings (SSSR count). The van der Waals surface area contributed by atoms with E-state index < -0.39 is 33.4 Å². The zero-order chi connectivity index (χ0) is 30.3. The molecule has 2 amide bonds. The first-order valence-electron chi connectivity index (χ1n) is 13.7. The van der Waals surface area contributed by atoms with Gasteiger partial charge in [0.1, 0.15) is 12.6 Å². The lowest BCUT2D eigenvalue weighted by Crippen LogP contribution is -2.53. The highest BCUT2D eigenvalue weighted by Gasteiger charge is 2.34. The van der Waals surface area contributed by atoms with Gasteiger partial charge in [0.05, 0.1) is 15.5 Å². The van der Waals surface area contributed by atoms with Gasteiger partial charge in [0.25, 0.3) is 15.7 Å². The van der Waals surface area contributed by atoms with Gasteiger partial charge in [0.15, 0.2) is 0 Å². The van der Waals surface area contributed by atoms with E-state index in [0.29, 0.717) is 10.6 Å². The number of non-ortho nitro benzene ring substituents is 1. The molecule has 0 spiro atoms. The van der Waals surface area contributed by atoms with Crippen molar-refractivity contribution < 1.29 is 22.9 Å². The number of anilines is 1.